The molecule has 7 heteroatoms. The zero-order valence-corrected chi connectivity index (χ0v) is 26.4. The van der Waals surface area contributed by atoms with Gasteiger partial charge >= 0.3 is 6.18 Å². The lowest BCUT2D eigenvalue weighted by molar-refractivity contribution is -0.173. The Balaban J connectivity index is 1.48. The molecule has 0 spiro atoms. The van der Waals surface area contributed by atoms with Gasteiger partial charge in [0.05, 0.1) is 11.7 Å². The van der Waals surface area contributed by atoms with Gasteiger partial charge in [-0.15, -0.1) is 0 Å². The maximum absolute atomic E-state index is 14.6. The Morgan fingerprint density at radius 1 is 0.644 bits per heavy atom. The summed E-state index contributed by atoms with van der Waals surface area (Å²) in [5.74, 6) is 1.18. The second kappa shape index (κ2) is 13.9. The van der Waals surface area contributed by atoms with Gasteiger partial charge < -0.3 is 14.6 Å². The summed E-state index contributed by atoms with van der Waals surface area (Å²) in [6, 6.07) is 25.6. The van der Waals surface area contributed by atoms with Crippen LogP contribution in [0.3, 0.4) is 0 Å². The Bertz CT molecular complexity index is 1540. The van der Waals surface area contributed by atoms with Gasteiger partial charge in [-0.05, 0) is 97.8 Å². The summed E-state index contributed by atoms with van der Waals surface area (Å²) in [5, 5.41) is 10.7. The lowest BCUT2D eigenvalue weighted by atomic mass is 9.75. The van der Waals surface area contributed by atoms with E-state index < -0.39 is 17.2 Å². The fraction of sp³-hybridized carbons (Fsp3) is 0.342. The molecule has 0 aliphatic heterocycles. The molecule has 0 aromatic heterocycles. The van der Waals surface area contributed by atoms with E-state index in [2.05, 4.69) is 0 Å². The topological polar surface area (TPSA) is 55.8 Å². The second-order valence-electron chi connectivity index (χ2n) is 11.5. The van der Waals surface area contributed by atoms with Gasteiger partial charge in [0.15, 0.2) is 5.78 Å². The maximum Gasteiger partial charge on any atom is 0.402 e. The molecule has 1 atom stereocenters. The monoisotopic (exact) mass is 618 g/mol. The largest absolute Gasteiger partial charge is 0.490 e. The van der Waals surface area contributed by atoms with Crippen LogP contribution in [0.2, 0.25) is 0 Å². The Morgan fingerprint density at radius 2 is 1.02 bits per heavy atom. The number of rotatable bonds is 13. The molecule has 4 rings (SSSR count). The third-order valence-corrected chi connectivity index (χ3v) is 8.85. The first kappa shape index (κ1) is 33.8. The molecule has 1 N–H and O–H groups in total. The number of ketones is 1. The molecule has 0 amide bonds. The van der Waals surface area contributed by atoms with Gasteiger partial charge in [-0.3, -0.25) is 4.79 Å². The SMILES string of the molecule is CCC(CC)Oc1ccc(C(C)(c2ccc(Oc3ccc(C(=O)c4ccc(C(O)(CC)CC)cc4)cc3)cc2)C(F)(F)F)cc1. The Hall–Kier alpha value is -4.10. The van der Waals surface area contributed by atoms with Crippen LogP contribution in [0.15, 0.2) is 97.1 Å². The third kappa shape index (κ3) is 7.25. The molecule has 4 aromatic rings. The zero-order chi connectivity index (χ0) is 32.8. The number of alkyl halides is 3. The van der Waals surface area contributed by atoms with Crippen molar-refractivity contribution in [1.29, 1.82) is 0 Å². The van der Waals surface area contributed by atoms with E-state index in [1.54, 1.807) is 60.7 Å². The van der Waals surface area contributed by atoms with E-state index in [-0.39, 0.29) is 23.0 Å². The smallest absolute Gasteiger partial charge is 0.402 e. The van der Waals surface area contributed by atoms with Crippen LogP contribution in [0.5, 0.6) is 17.2 Å². The molecule has 0 aliphatic carbocycles. The molecule has 0 radical (unpaired) electrons. The minimum absolute atomic E-state index is 0.0150. The van der Waals surface area contributed by atoms with Gasteiger partial charge in [0.1, 0.15) is 22.7 Å². The lowest BCUT2D eigenvalue weighted by Gasteiger charge is -2.33. The average Bonchev–Trinajstić information content (AvgIpc) is 3.06. The molecular weight excluding hydrogens is 577 g/mol. The number of aliphatic hydroxyl groups is 1. The van der Waals surface area contributed by atoms with Gasteiger partial charge in [-0.25, -0.2) is 0 Å². The number of carbonyl (C=O) groups is 1. The quantitative estimate of drug-likeness (QED) is 0.152. The maximum atomic E-state index is 14.6. The molecule has 45 heavy (non-hydrogen) atoms. The molecular formula is C38H41F3O4. The van der Waals surface area contributed by atoms with Crippen LogP contribution in [-0.2, 0) is 11.0 Å². The van der Waals surface area contributed by atoms with Gasteiger partial charge in [-0.2, -0.15) is 13.2 Å². The van der Waals surface area contributed by atoms with Crippen molar-refractivity contribution in [1.82, 2.24) is 0 Å². The standard InChI is InChI=1S/C38H41F3O4/c1-6-31(7-2)44-33-22-16-28(17-23-33)36(5,38(39,40)41)29-18-24-34(25-19-29)45-32-20-12-27(13-21-32)35(42)26-10-14-30(15-11-26)37(43,8-3)9-4/h10-25,31,43H,6-9H2,1-5H3. The summed E-state index contributed by atoms with van der Waals surface area (Å²) in [7, 11) is 0. The minimum Gasteiger partial charge on any atom is -0.490 e. The number of hydrogen-bond donors (Lipinski definition) is 1. The normalized spacial score (nSPS) is 13.4. The summed E-state index contributed by atoms with van der Waals surface area (Å²) >= 11 is 0. The predicted octanol–water partition coefficient (Wildman–Crippen LogP) is 10.2. The van der Waals surface area contributed by atoms with Crippen LogP contribution < -0.4 is 9.47 Å². The van der Waals surface area contributed by atoms with Crippen molar-refractivity contribution >= 4 is 5.78 Å². The van der Waals surface area contributed by atoms with E-state index >= 15 is 0 Å². The van der Waals surface area contributed by atoms with Crippen LogP contribution in [-0.4, -0.2) is 23.2 Å². The highest BCUT2D eigenvalue weighted by molar-refractivity contribution is 6.09. The lowest BCUT2D eigenvalue weighted by Crippen LogP contribution is -2.40. The molecule has 0 aliphatic rings. The summed E-state index contributed by atoms with van der Waals surface area (Å²) in [6.07, 6.45) is -1.76. The van der Waals surface area contributed by atoms with Crippen molar-refractivity contribution in [2.24, 2.45) is 0 Å². The Morgan fingerprint density at radius 3 is 1.42 bits per heavy atom. The van der Waals surface area contributed by atoms with Crippen molar-refractivity contribution in [3.05, 3.63) is 125 Å². The predicted molar refractivity (Wildman–Crippen MR) is 171 cm³/mol. The van der Waals surface area contributed by atoms with Crippen LogP contribution >= 0.6 is 0 Å². The Kier molecular flexibility index (Phi) is 10.4. The molecule has 0 saturated carbocycles. The molecule has 0 heterocycles. The van der Waals surface area contributed by atoms with Gasteiger partial charge in [0.25, 0.3) is 0 Å². The minimum atomic E-state index is -4.55. The third-order valence-electron chi connectivity index (χ3n) is 8.85. The molecule has 1 unspecified atom stereocenters. The van der Waals surface area contributed by atoms with Crippen molar-refractivity contribution < 1.29 is 32.5 Å². The van der Waals surface area contributed by atoms with E-state index in [0.29, 0.717) is 41.2 Å². The Labute approximate surface area is 263 Å². The van der Waals surface area contributed by atoms with Crippen molar-refractivity contribution in [2.45, 2.75) is 83.6 Å². The average molecular weight is 619 g/mol. The van der Waals surface area contributed by atoms with E-state index in [4.69, 9.17) is 9.47 Å². The molecule has 0 saturated heterocycles. The fourth-order valence-corrected chi connectivity index (χ4v) is 5.43. The summed E-state index contributed by atoms with van der Waals surface area (Å²) in [6.45, 7) is 9.04. The highest BCUT2D eigenvalue weighted by atomic mass is 19.4. The summed E-state index contributed by atoms with van der Waals surface area (Å²) in [5.41, 5.74) is -1.24. The summed E-state index contributed by atoms with van der Waals surface area (Å²) < 4.78 is 55.5. The number of hydrogen-bond acceptors (Lipinski definition) is 4. The van der Waals surface area contributed by atoms with Crippen LogP contribution in [0.4, 0.5) is 13.2 Å². The number of carbonyl (C=O) groups excluding carboxylic acids is 1. The number of ether oxygens (including phenoxy) is 2. The van der Waals surface area contributed by atoms with Crippen LogP contribution in [0.25, 0.3) is 0 Å². The molecule has 4 aromatic carbocycles. The first-order valence-corrected chi connectivity index (χ1v) is 15.5. The molecule has 238 valence electrons. The van der Waals surface area contributed by atoms with E-state index in [1.165, 1.54) is 43.3 Å². The molecule has 4 nitrogen and oxygen atoms in total. The summed E-state index contributed by atoms with van der Waals surface area (Å²) in [4.78, 5) is 13.0. The fourth-order valence-electron chi connectivity index (χ4n) is 5.43. The zero-order valence-electron chi connectivity index (χ0n) is 26.4. The highest BCUT2D eigenvalue weighted by Crippen LogP contribution is 2.47. The highest BCUT2D eigenvalue weighted by Gasteiger charge is 2.53. The number of benzene rings is 4. The first-order chi connectivity index (χ1) is 21.4. The molecule has 0 bridgehead atoms. The van der Waals surface area contributed by atoms with Crippen LogP contribution in [0, 0.1) is 0 Å². The van der Waals surface area contributed by atoms with Gasteiger partial charge in [0, 0.05) is 11.1 Å². The van der Waals surface area contributed by atoms with Crippen molar-refractivity contribution in [3.8, 4) is 17.2 Å². The van der Waals surface area contributed by atoms with E-state index in [1.807, 2.05) is 27.7 Å². The van der Waals surface area contributed by atoms with E-state index in [9.17, 15) is 23.1 Å². The van der Waals surface area contributed by atoms with Crippen LogP contribution in [0.1, 0.15) is 92.9 Å². The molecule has 0 fully saturated rings. The van der Waals surface area contributed by atoms with Crippen molar-refractivity contribution in [2.75, 3.05) is 0 Å². The van der Waals surface area contributed by atoms with Gasteiger partial charge in [0.2, 0.25) is 0 Å². The number of halogens is 3. The first-order valence-electron chi connectivity index (χ1n) is 15.5. The van der Waals surface area contributed by atoms with E-state index in [0.717, 1.165) is 18.4 Å². The van der Waals surface area contributed by atoms with Gasteiger partial charge in [-0.1, -0.05) is 76.2 Å². The second-order valence-corrected chi connectivity index (χ2v) is 11.5. The van der Waals surface area contributed by atoms with Crippen molar-refractivity contribution in [3.63, 3.8) is 0 Å².